The second-order valence-electron chi connectivity index (χ2n) is 5.66. The highest BCUT2D eigenvalue weighted by molar-refractivity contribution is 6.04. The van der Waals surface area contributed by atoms with Crippen LogP contribution in [0.25, 0.3) is 0 Å². The van der Waals surface area contributed by atoms with E-state index >= 15 is 0 Å². The summed E-state index contributed by atoms with van der Waals surface area (Å²) < 4.78 is 4.89. The first-order valence-electron chi connectivity index (χ1n) is 7.63. The van der Waals surface area contributed by atoms with E-state index in [9.17, 15) is 9.59 Å². The number of nitrogens with one attached hydrogen (secondary N) is 2. The molecule has 0 bridgehead atoms. The van der Waals surface area contributed by atoms with Crippen molar-refractivity contribution < 1.29 is 14.1 Å². The number of carbonyl (C=O) groups is 2. The summed E-state index contributed by atoms with van der Waals surface area (Å²) in [5.41, 5.74) is 0.582. The molecule has 0 aliphatic heterocycles. The van der Waals surface area contributed by atoms with Gasteiger partial charge in [0, 0.05) is 23.9 Å². The molecule has 1 aliphatic rings. The Labute approximate surface area is 133 Å². The number of carbonyl (C=O) groups excluding carboxylic acids is 2. The molecular weight excluding hydrogens is 296 g/mol. The third kappa shape index (κ3) is 3.74. The normalized spacial score (nSPS) is 14.7. The Bertz CT molecular complexity index is 720. The van der Waals surface area contributed by atoms with Gasteiger partial charge in [0.05, 0.1) is 0 Å². The summed E-state index contributed by atoms with van der Waals surface area (Å²) in [5.74, 6) is 0.299. The van der Waals surface area contributed by atoms with Crippen LogP contribution in [0.5, 0.6) is 0 Å². The fourth-order valence-corrected chi connectivity index (χ4v) is 2.64. The van der Waals surface area contributed by atoms with Crippen LogP contribution in [0.2, 0.25) is 0 Å². The van der Waals surface area contributed by atoms with E-state index in [-0.39, 0.29) is 17.6 Å². The molecule has 1 fully saturated rings. The molecule has 1 aliphatic carbocycles. The SMILES string of the molecule is Cc1cc(NC(=O)c2cc(C(=O)NC3CCCC3)ccn2)no1. The topological polar surface area (TPSA) is 97.1 Å². The standard InChI is InChI=1S/C16H18N4O3/c1-10-8-14(20-23-10)19-16(22)13-9-11(6-7-17-13)15(21)18-12-4-2-3-5-12/h6-9,12H,2-5H2,1H3,(H,18,21)(H,19,20,22). The second-order valence-corrected chi connectivity index (χ2v) is 5.66. The molecule has 3 rings (SSSR count). The van der Waals surface area contributed by atoms with Gasteiger partial charge in [-0.2, -0.15) is 0 Å². The van der Waals surface area contributed by atoms with E-state index in [4.69, 9.17) is 4.52 Å². The third-order valence-corrected chi connectivity index (χ3v) is 3.81. The van der Waals surface area contributed by atoms with Crippen LogP contribution in [0.4, 0.5) is 5.82 Å². The summed E-state index contributed by atoms with van der Waals surface area (Å²) in [6.45, 7) is 1.73. The van der Waals surface area contributed by atoms with Crippen LogP contribution >= 0.6 is 0 Å². The minimum Gasteiger partial charge on any atom is -0.360 e. The van der Waals surface area contributed by atoms with Crippen LogP contribution in [0.15, 0.2) is 28.9 Å². The lowest BCUT2D eigenvalue weighted by molar-refractivity contribution is 0.0937. The van der Waals surface area contributed by atoms with Gasteiger partial charge in [-0.1, -0.05) is 18.0 Å². The summed E-state index contributed by atoms with van der Waals surface area (Å²) >= 11 is 0. The Morgan fingerprint density at radius 3 is 2.70 bits per heavy atom. The molecule has 1 saturated carbocycles. The number of aryl methyl sites for hydroxylation is 1. The van der Waals surface area contributed by atoms with E-state index in [2.05, 4.69) is 20.8 Å². The largest absolute Gasteiger partial charge is 0.360 e. The summed E-state index contributed by atoms with van der Waals surface area (Å²) in [4.78, 5) is 28.4. The fraction of sp³-hybridized carbons (Fsp3) is 0.375. The average molecular weight is 314 g/mol. The van der Waals surface area contributed by atoms with Gasteiger partial charge in [-0.3, -0.25) is 14.6 Å². The van der Waals surface area contributed by atoms with Crippen molar-refractivity contribution in [3.63, 3.8) is 0 Å². The van der Waals surface area contributed by atoms with Gasteiger partial charge < -0.3 is 15.2 Å². The number of rotatable bonds is 4. The summed E-state index contributed by atoms with van der Waals surface area (Å²) in [6, 6.07) is 4.91. The zero-order valence-electron chi connectivity index (χ0n) is 12.8. The lowest BCUT2D eigenvalue weighted by Gasteiger charge is -2.12. The Morgan fingerprint density at radius 2 is 2.00 bits per heavy atom. The van der Waals surface area contributed by atoms with E-state index in [0.29, 0.717) is 17.1 Å². The highest BCUT2D eigenvalue weighted by Gasteiger charge is 2.19. The average Bonchev–Trinajstić information content (AvgIpc) is 3.19. The summed E-state index contributed by atoms with van der Waals surface area (Å²) in [5, 5.41) is 9.26. The predicted octanol–water partition coefficient (Wildman–Crippen LogP) is 2.30. The van der Waals surface area contributed by atoms with Crippen molar-refractivity contribution in [1.29, 1.82) is 0 Å². The van der Waals surface area contributed by atoms with E-state index < -0.39 is 5.91 Å². The molecule has 2 amide bonds. The number of amides is 2. The highest BCUT2D eigenvalue weighted by atomic mass is 16.5. The van der Waals surface area contributed by atoms with Crippen LogP contribution in [-0.2, 0) is 0 Å². The quantitative estimate of drug-likeness (QED) is 0.902. The molecule has 23 heavy (non-hydrogen) atoms. The second kappa shape index (κ2) is 6.60. The zero-order chi connectivity index (χ0) is 16.2. The number of aromatic nitrogens is 2. The molecule has 7 nitrogen and oxygen atoms in total. The van der Waals surface area contributed by atoms with Crippen molar-refractivity contribution in [2.24, 2.45) is 0 Å². The molecule has 7 heteroatoms. The Hall–Kier alpha value is -2.70. The minimum absolute atomic E-state index is 0.157. The van der Waals surface area contributed by atoms with E-state index in [1.807, 2.05) is 0 Å². The monoisotopic (exact) mass is 314 g/mol. The maximum Gasteiger partial charge on any atom is 0.275 e. The number of hydrogen-bond acceptors (Lipinski definition) is 5. The van der Waals surface area contributed by atoms with Gasteiger partial charge in [-0.15, -0.1) is 0 Å². The number of anilines is 1. The smallest absolute Gasteiger partial charge is 0.275 e. The summed E-state index contributed by atoms with van der Waals surface area (Å²) in [7, 11) is 0. The first-order valence-corrected chi connectivity index (χ1v) is 7.63. The fourth-order valence-electron chi connectivity index (χ4n) is 2.64. The zero-order valence-corrected chi connectivity index (χ0v) is 12.8. The molecule has 2 N–H and O–H groups in total. The van der Waals surface area contributed by atoms with Crippen LogP contribution in [-0.4, -0.2) is 28.0 Å². The maximum absolute atomic E-state index is 12.2. The Kier molecular flexibility index (Phi) is 4.36. The van der Waals surface area contributed by atoms with Crippen molar-refractivity contribution in [3.8, 4) is 0 Å². The third-order valence-electron chi connectivity index (χ3n) is 3.81. The molecule has 120 valence electrons. The van der Waals surface area contributed by atoms with Gasteiger partial charge in [-0.25, -0.2) is 0 Å². The van der Waals surface area contributed by atoms with Crippen molar-refractivity contribution in [1.82, 2.24) is 15.5 Å². The van der Waals surface area contributed by atoms with Crippen LogP contribution in [0.1, 0.15) is 52.3 Å². The van der Waals surface area contributed by atoms with E-state index in [1.54, 1.807) is 19.1 Å². The van der Waals surface area contributed by atoms with Crippen molar-refractivity contribution in [2.45, 2.75) is 38.6 Å². The van der Waals surface area contributed by atoms with Crippen LogP contribution < -0.4 is 10.6 Å². The minimum atomic E-state index is -0.436. The van der Waals surface area contributed by atoms with Gasteiger partial charge in [0.2, 0.25) is 0 Å². The van der Waals surface area contributed by atoms with Crippen molar-refractivity contribution in [3.05, 3.63) is 41.4 Å². The Balaban J connectivity index is 1.68. The molecule has 0 saturated heterocycles. The summed E-state index contributed by atoms with van der Waals surface area (Å²) in [6.07, 6.45) is 5.76. The first kappa shape index (κ1) is 15.2. The molecule has 0 aromatic carbocycles. The molecular formula is C16H18N4O3. The maximum atomic E-state index is 12.2. The molecule has 2 aromatic rings. The Morgan fingerprint density at radius 1 is 1.22 bits per heavy atom. The lowest BCUT2D eigenvalue weighted by Crippen LogP contribution is -2.32. The van der Waals surface area contributed by atoms with Crippen molar-refractivity contribution >= 4 is 17.6 Å². The van der Waals surface area contributed by atoms with Gasteiger partial charge in [0.15, 0.2) is 5.82 Å². The number of pyridine rings is 1. The van der Waals surface area contributed by atoms with Gasteiger partial charge in [0.1, 0.15) is 11.5 Å². The molecule has 0 spiro atoms. The molecule has 0 atom stereocenters. The first-order chi connectivity index (χ1) is 11.1. The van der Waals surface area contributed by atoms with Gasteiger partial charge in [0.25, 0.3) is 11.8 Å². The lowest BCUT2D eigenvalue weighted by atomic mass is 10.2. The van der Waals surface area contributed by atoms with E-state index in [1.165, 1.54) is 12.3 Å². The molecule has 0 unspecified atom stereocenters. The van der Waals surface area contributed by atoms with Crippen LogP contribution in [0.3, 0.4) is 0 Å². The van der Waals surface area contributed by atoms with E-state index in [0.717, 1.165) is 25.7 Å². The van der Waals surface area contributed by atoms with Crippen LogP contribution in [0, 0.1) is 6.92 Å². The highest BCUT2D eigenvalue weighted by Crippen LogP contribution is 2.18. The number of nitrogens with zero attached hydrogens (tertiary/aromatic N) is 2. The van der Waals surface area contributed by atoms with Gasteiger partial charge in [-0.05, 0) is 31.9 Å². The van der Waals surface area contributed by atoms with Crippen molar-refractivity contribution in [2.75, 3.05) is 5.32 Å². The molecule has 0 radical (unpaired) electrons. The molecule has 2 aromatic heterocycles. The molecule has 2 heterocycles. The predicted molar refractivity (Wildman–Crippen MR) is 83.2 cm³/mol. The number of hydrogen-bond donors (Lipinski definition) is 2. The van der Waals surface area contributed by atoms with Gasteiger partial charge >= 0.3 is 0 Å².